The average Bonchev–Trinajstić information content (AvgIpc) is 2.54. The second-order valence-corrected chi connectivity index (χ2v) is 7.36. The Bertz CT molecular complexity index is 743. The van der Waals surface area contributed by atoms with Gasteiger partial charge in [-0.05, 0) is 46.8 Å². The van der Waals surface area contributed by atoms with Crippen molar-refractivity contribution in [1.29, 1.82) is 5.26 Å². The highest BCUT2D eigenvalue weighted by molar-refractivity contribution is 5.57. The third-order valence-electron chi connectivity index (χ3n) is 4.18. The van der Waals surface area contributed by atoms with Crippen LogP contribution < -0.4 is 0 Å². The van der Waals surface area contributed by atoms with Crippen LogP contribution >= 0.6 is 0 Å². The van der Waals surface area contributed by atoms with Crippen molar-refractivity contribution < 1.29 is 0 Å². The minimum absolute atomic E-state index is 0.189. The Kier molecular flexibility index (Phi) is 5.59. The van der Waals surface area contributed by atoms with Gasteiger partial charge in [0.15, 0.2) is 0 Å². The van der Waals surface area contributed by atoms with Crippen molar-refractivity contribution in [2.45, 2.75) is 39.3 Å². The monoisotopic (exact) mass is 318 g/mol. The number of hydrogen-bond donors (Lipinski definition) is 0. The number of nitrogens with zero attached hydrogens (tertiary/aromatic N) is 2. The molecule has 0 aromatic heterocycles. The van der Waals surface area contributed by atoms with Gasteiger partial charge in [0.25, 0.3) is 0 Å². The Hall–Kier alpha value is -2.37. The van der Waals surface area contributed by atoms with Gasteiger partial charge in [0.2, 0.25) is 0 Å². The van der Waals surface area contributed by atoms with Crippen LogP contribution in [0.25, 0.3) is 6.08 Å². The number of nitriles is 1. The minimum Gasteiger partial charge on any atom is -0.298 e. The maximum Gasteiger partial charge on any atom is 0.0997 e. The Morgan fingerprint density at radius 1 is 1.04 bits per heavy atom. The SMILES string of the molecule is C=Cc1cc(CN(C)Cc2ccc(C(C)(C)C)cc2)ccc1C#N. The molecule has 0 aliphatic carbocycles. The van der Waals surface area contributed by atoms with Crippen LogP contribution in [0.3, 0.4) is 0 Å². The quantitative estimate of drug-likeness (QED) is 0.764. The first-order valence-corrected chi connectivity index (χ1v) is 8.27. The van der Waals surface area contributed by atoms with Crippen LogP contribution in [-0.4, -0.2) is 11.9 Å². The molecule has 0 aliphatic rings. The Morgan fingerprint density at radius 3 is 2.17 bits per heavy atom. The van der Waals surface area contributed by atoms with Crippen LogP contribution in [0.2, 0.25) is 0 Å². The molecule has 2 heteroatoms. The van der Waals surface area contributed by atoms with Crippen LogP contribution in [-0.2, 0) is 18.5 Å². The summed E-state index contributed by atoms with van der Waals surface area (Å²) in [5.41, 5.74) is 5.62. The van der Waals surface area contributed by atoms with Crippen molar-refractivity contribution in [2.24, 2.45) is 0 Å². The molecule has 0 atom stereocenters. The maximum absolute atomic E-state index is 9.09. The summed E-state index contributed by atoms with van der Waals surface area (Å²) in [5.74, 6) is 0. The van der Waals surface area contributed by atoms with E-state index in [1.807, 2.05) is 18.2 Å². The van der Waals surface area contributed by atoms with E-state index in [0.29, 0.717) is 5.56 Å². The second-order valence-electron chi connectivity index (χ2n) is 7.36. The van der Waals surface area contributed by atoms with Crippen molar-refractivity contribution in [3.63, 3.8) is 0 Å². The van der Waals surface area contributed by atoms with Crippen molar-refractivity contribution >= 4 is 6.08 Å². The van der Waals surface area contributed by atoms with Crippen molar-refractivity contribution in [2.75, 3.05) is 7.05 Å². The van der Waals surface area contributed by atoms with Crippen LogP contribution in [0.1, 0.15) is 48.6 Å². The van der Waals surface area contributed by atoms with E-state index in [1.54, 1.807) is 6.08 Å². The molecule has 2 aromatic carbocycles. The lowest BCUT2D eigenvalue weighted by molar-refractivity contribution is 0.319. The standard InChI is InChI=1S/C22H26N2/c1-6-19-13-18(7-10-20(19)14-23)16-24(5)15-17-8-11-21(12-9-17)22(2,3)4/h6-13H,1,15-16H2,2-5H3. The summed E-state index contributed by atoms with van der Waals surface area (Å²) in [6.45, 7) is 12.2. The predicted octanol–water partition coefficient (Wildman–Crippen LogP) is 5.13. The highest BCUT2D eigenvalue weighted by Gasteiger charge is 2.13. The molecule has 24 heavy (non-hydrogen) atoms. The van der Waals surface area contributed by atoms with E-state index in [0.717, 1.165) is 18.7 Å². The van der Waals surface area contributed by atoms with Crippen LogP contribution in [0.15, 0.2) is 49.0 Å². The Morgan fingerprint density at radius 2 is 1.62 bits per heavy atom. The van der Waals surface area contributed by atoms with Crippen molar-refractivity contribution in [1.82, 2.24) is 4.90 Å². The Labute approximate surface area is 146 Å². The molecule has 2 aromatic rings. The molecule has 124 valence electrons. The van der Waals surface area contributed by atoms with Gasteiger partial charge in [0.1, 0.15) is 0 Å². The molecule has 0 unspecified atom stereocenters. The first kappa shape index (κ1) is 18.0. The zero-order valence-corrected chi connectivity index (χ0v) is 15.1. The normalized spacial score (nSPS) is 11.3. The molecule has 0 aliphatic heterocycles. The summed E-state index contributed by atoms with van der Waals surface area (Å²) in [7, 11) is 2.11. The summed E-state index contributed by atoms with van der Waals surface area (Å²) in [6.07, 6.45) is 1.74. The van der Waals surface area contributed by atoms with Gasteiger partial charge in [-0.25, -0.2) is 0 Å². The van der Waals surface area contributed by atoms with Gasteiger partial charge in [-0.2, -0.15) is 5.26 Å². The average molecular weight is 318 g/mol. The molecule has 2 rings (SSSR count). The maximum atomic E-state index is 9.09. The van der Waals surface area contributed by atoms with Gasteiger partial charge >= 0.3 is 0 Å². The molecule has 0 heterocycles. The van der Waals surface area contributed by atoms with Gasteiger partial charge in [0, 0.05) is 13.1 Å². The number of rotatable bonds is 5. The van der Waals surface area contributed by atoms with Gasteiger partial charge < -0.3 is 0 Å². The third-order valence-corrected chi connectivity index (χ3v) is 4.18. The minimum atomic E-state index is 0.189. The first-order valence-electron chi connectivity index (χ1n) is 8.27. The van der Waals surface area contributed by atoms with E-state index in [4.69, 9.17) is 5.26 Å². The number of hydrogen-bond acceptors (Lipinski definition) is 2. The van der Waals surface area contributed by atoms with E-state index in [9.17, 15) is 0 Å². The second kappa shape index (κ2) is 7.47. The largest absolute Gasteiger partial charge is 0.298 e. The van der Waals surface area contributed by atoms with Crippen LogP contribution in [0.4, 0.5) is 0 Å². The molecule has 0 spiro atoms. The molecule has 0 N–H and O–H groups in total. The van der Waals surface area contributed by atoms with Gasteiger partial charge in [-0.15, -0.1) is 0 Å². The van der Waals surface area contributed by atoms with Crippen LogP contribution in [0.5, 0.6) is 0 Å². The molecule has 0 radical (unpaired) electrons. The highest BCUT2D eigenvalue weighted by Crippen LogP contribution is 2.22. The molecule has 0 bridgehead atoms. The van der Waals surface area contributed by atoms with Gasteiger partial charge in [-0.1, -0.05) is 63.8 Å². The molecule has 0 fully saturated rings. The highest BCUT2D eigenvalue weighted by atomic mass is 15.1. The third kappa shape index (κ3) is 4.57. The van der Waals surface area contributed by atoms with Crippen molar-refractivity contribution in [3.05, 3.63) is 76.9 Å². The first-order chi connectivity index (χ1) is 11.3. The topological polar surface area (TPSA) is 27.0 Å². The van der Waals surface area contributed by atoms with Gasteiger partial charge in [0.05, 0.1) is 11.6 Å². The van der Waals surface area contributed by atoms with E-state index in [2.05, 4.69) is 69.6 Å². The van der Waals surface area contributed by atoms with Gasteiger partial charge in [-0.3, -0.25) is 4.90 Å². The van der Waals surface area contributed by atoms with E-state index >= 15 is 0 Å². The lowest BCUT2D eigenvalue weighted by atomic mass is 9.87. The molecule has 0 saturated heterocycles. The molecule has 0 saturated carbocycles. The van der Waals surface area contributed by atoms with E-state index in [1.165, 1.54) is 16.7 Å². The van der Waals surface area contributed by atoms with E-state index in [-0.39, 0.29) is 5.41 Å². The summed E-state index contributed by atoms with van der Waals surface area (Å²) < 4.78 is 0. The summed E-state index contributed by atoms with van der Waals surface area (Å²) in [4.78, 5) is 2.28. The van der Waals surface area contributed by atoms with Crippen molar-refractivity contribution in [3.8, 4) is 6.07 Å². The molecular formula is C22H26N2. The summed E-state index contributed by atoms with van der Waals surface area (Å²) in [6, 6.07) is 17.0. The zero-order chi connectivity index (χ0) is 17.7. The molecule has 2 nitrogen and oxygen atoms in total. The zero-order valence-electron chi connectivity index (χ0n) is 15.1. The molecule has 0 amide bonds. The number of benzene rings is 2. The Balaban J connectivity index is 2.04. The summed E-state index contributed by atoms with van der Waals surface area (Å²) in [5, 5.41) is 9.09. The fraction of sp³-hybridized carbons (Fsp3) is 0.318. The fourth-order valence-electron chi connectivity index (χ4n) is 2.77. The smallest absolute Gasteiger partial charge is 0.0997 e. The lowest BCUT2D eigenvalue weighted by Crippen LogP contribution is -2.17. The summed E-state index contributed by atoms with van der Waals surface area (Å²) >= 11 is 0. The predicted molar refractivity (Wildman–Crippen MR) is 102 cm³/mol. The lowest BCUT2D eigenvalue weighted by Gasteiger charge is -2.21. The van der Waals surface area contributed by atoms with Crippen LogP contribution in [0, 0.1) is 11.3 Å². The molecular weight excluding hydrogens is 292 g/mol. The fourth-order valence-corrected chi connectivity index (χ4v) is 2.77. The van der Waals surface area contributed by atoms with E-state index < -0.39 is 0 Å².